The molecule has 9 heteroatoms. The van der Waals surface area contributed by atoms with Gasteiger partial charge in [-0.3, -0.25) is 9.36 Å². The molecule has 0 radical (unpaired) electrons. The number of aryl methyl sites for hydroxylation is 2. The fourth-order valence-corrected chi connectivity index (χ4v) is 5.37. The molecule has 0 saturated heterocycles. The van der Waals surface area contributed by atoms with E-state index in [9.17, 15) is 15.0 Å². The van der Waals surface area contributed by atoms with Crippen LogP contribution in [0.15, 0.2) is 45.5 Å². The molecule has 162 valence electrons. The lowest BCUT2D eigenvalue weighted by atomic mass is 10.0. The van der Waals surface area contributed by atoms with Crippen LogP contribution in [-0.4, -0.2) is 32.7 Å². The molecule has 32 heavy (non-hydrogen) atoms. The van der Waals surface area contributed by atoms with E-state index >= 15 is 0 Å². The number of aromatic hydroxyl groups is 2. The molecule has 0 bridgehead atoms. The normalized spacial score (nSPS) is 11.3. The molecule has 0 amide bonds. The molecule has 0 spiro atoms. The van der Waals surface area contributed by atoms with Crippen molar-refractivity contribution in [1.29, 1.82) is 0 Å². The number of benzene rings is 1. The highest BCUT2D eigenvalue weighted by molar-refractivity contribution is 7.20. The largest absolute Gasteiger partial charge is 0.503 e. The van der Waals surface area contributed by atoms with E-state index in [0.29, 0.717) is 44.7 Å². The number of thiophene rings is 1. The molecule has 0 unspecified atom stereocenters. The maximum atomic E-state index is 13.5. The predicted octanol–water partition coefficient (Wildman–Crippen LogP) is 5.68. The van der Waals surface area contributed by atoms with E-state index in [1.807, 2.05) is 29.0 Å². The number of thiazole rings is 1. The van der Waals surface area contributed by atoms with Gasteiger partial charge in [-0.25, -0.2) is 4.98 Å². The summed E-state index contributed by atoms with van der Waals surface area (Å²) in [4.78, 5) is 18.1. The van der Waals surface area contributed by atoms with Crippen molar-refractivity contribution in [3.8, 4) is 33.8 Å². The van der Waals surface area contributed by atoms with Gasteiger partial charge in [-0.05, 0) is 49.6 Å². The summed E-state index contributed by atoms with van der Waals surface area (Å²) in [5.41, 5.74) is 2.10. The first-order valence-electron chi connectivity index (χ1n) is 9.65. The van der Waals surface area contributed by atoms with E-state index in [-0.39, 0.29) is 5.56 Å². The number of nitrogens with zero attached hydrogens (tertiary/aromatic N) is 2. The predicted molar refractivity (Wildman–Crippen MR) is 124 cm³/mol. The summed E-state index contributed by atoms with van der Waals surface area (Å²) in [6, 6.07) is 8.94. The van der Waals surface area contributed by atoms with E-state index in [0.717, 1.165) is 4.70 Å². The topological polar surface area (TPSA) is 97.7 Å². The number of methoxy groups -OCH3 is 1. The van der Waals surface area contributed by atoms with E-state index in [1.165, 1.54) is 27.2 Å². The summed E-state index contributed by atoms with van der Waals surface area (Å²) in [5.74, 6) is 0.348. The van der Waals surface area contributed by atoms with Gasteiger partial charge in [0.2, 0.25) is 11.7 Å². The Morgan fingerprint density at radius 3 is 2.66 bits per heavy atom. The van der Waals surface area contributed by atoms with E-state index in [1.54, 1.807) is 33.1 Å². The number of hydrogen-bond donors (Lipinski definition) is 2. The van der Waals surface area contributed by atoms with Crippen LogP contribution in [0.3, 0.4) is 0 Å². The van der Waals surface area contributed by atoms with E-state index in [4.69, 9.17) is 9.15 Å². The average Bonchev–Trinajstić information content (AvgIpc) is 3.54. The molecule has 4 aromatic heterocycles. The van der Waals surface area contributed by atoms with Crippen LogP contribution in [0.2, 0.25) is 0 Å². The van der Waals surface area contributed by atoms with Crippen molar-refractivity contribution in [1.82, 2.24) is 9.55 Å². The second-order valence-corrected chi connectivity index (χ2v) is 9.02. The zero-order valence-corrected chi connectivity index (χ0v) is 19.0. The van der Waals surface area contributed by atoms with Crippen LogP contribution in [0, 0.1) is 13.8 Å². The Hall–Kier alpha value is -3.56. The van der Waals surface area contributed by atoms with Gasteiger partial charge in [-0.2, -0.15) is 11.3 Å². The monoisotopic (exact) mass is 466 g/mol. The lowest BCUT2D eigenvalue weighted by Gasteiger charge is -2.07. The molecule has 0 atom stereocenters. The van der Waals surface area contributed by atoms with Crippen molar-refractivity contribution < 1.29 is 24.2 Å². The van der Waals surface area contributed by atoms with E-state index in [2.05, 4.69) is 4.98 Å². The molecule has 7 nitrogen and oxygen atoms in total. The van der Waals surface area contributed by atoms with Gasteiger partial charge in [0.15, 0.2) is 10.9 Å². The summed E-state index contributed by atoms with van der Waals surface area (Å²) in [6.07, 6.45) is 0. The SMILES string of the molecule is COc1ccc2nc(-n3c(O)c(O)c(C(=O)c4cc(C)oc4C)c3-c3ccsc3)sc2c1. The van der Waals surface area contributed by atoms with E-state index < -0.39 is 17.4 Å². The van der Waals surface area contributed by atoms with Gasteiger partial charge in [0, 0.05) is 10.9 Å². The van der Waals surface area contributed by atoms with Gasteiger partial charge in [0.1, 0.15) is 17.3 Å². The lowest BCUT2D eigenvalue weighted by molar-refractivity contribution is 0.103. The first-order valence-corrected chi connectivity index (χ1v) is 11.4. The van der Waals surface area contributed by atoms with Crippen LogP contribution in [0.4, 0.5) is 0 Å². The molecular formula is C23H18N2O5S2. The Kier molecular flexibility index (Phi) is 4.79. The number of ketones is 1. The van der Waals surface area contributed by atoms with Crippen LogP contribution in [0.5, 0.6) is 17.4 Å². The number of furan rings is 1. The third-order valence-corrected chi connectivity index (χ3v) is 6.89. The number of ether oxygens (including phenoxy) is 1. The van der Waals surface area contributed by atoms with Gasteiger partial charge >= 0.3 is 0 Å². The molecule has 2 N–H and O–H groups in total. The van der Waals surface area contributed by atoms with Crippen molar-refractivity contribution in [2.75, 3.05) is 7.11 Å². The smallest absolute Gasteiger partial charge is 0.242 e. The Labute approximate surface area is 190 Å². The summed E-state index contributed by atoms with van der Waals surface area (Å²) in [7, 11) is 1.59. The average molecular weight is 467 g/mol. The second kappa shape index (κ2) is 7.54. The lowest BCUT2D eigenvalue weighted by Crippen LogP contribution is -2.04. The highest BCUT2D eigenvalue weighted by Gasteiger charge is 2.32. The van der Waals surface area contributed by atoms with Crippen molar-refractivity contribution in [3.63, 3.8) is 0 Å². The molecule has 5 rings (SSSR count). The van der Waals surface area contributed by atoms with Crippen LogP contribution >= 0.6 is 22.7 Å². The van der Waals surface area contributed by atoms with Gasteiger partial charge in [0.25, 0.3) is 0 Å². The zero-order chi connectivity index (χ0) is 22.6. The van der Waals surface area contributed by atoms with Crippen LogP contribution < -0.4 is 4.74 Å². The molecule has 0 saturated carbocycles. The first kappa shape index (κ1) is 20.3. The molecule has 0 fully saturated rings. The Morgan fingerprint density at radius 2 is 2.00 bits per heavy atom. The van der Waals surface area contributed by atoms with Crippen molar-refractivity contribution in [3.05, 3.63) is 63.7 Å². The highest BCUT2D eigenvalue weighted by Crippen LogP contribution is 2.46. The number of hydrogen-bond acceptors (Lipinski definition) is 8. The van der Waals surface area contributed by atoms with Gasteiger partial charge in [-0.15, -0.1) is 0 Å². The second-order valence-electron chi connectivity index (χ2n) is 7.23. The summed E-state index contributed by atoms with van der Waals surface area (Å²) < 4.78 is 13.1. The fourth-order valence-electron chi connectivity index (χ4n) is 3.73. The number of carbonyl (C=O) groups is 1. The van der Waals surface area contributed by atoms with Crippen LogP contribution in [0.25, 0.3) is 26.6 Å². The third kappa shape index (κ3) is 3.09. The number of aromatic nitrogens is 2. The van der Waals surface area contributed by atoms with Crippen molar-refractivity contribution in [2.24, 2.45) is 0 Å². The Bertz CT molecular complexity index is 1470. The van der Waals surface area contributed by atoms with Crippen molar-refractivity contribution >= 4 is 38.7 Å². The van der Waals surface area contributed by atoms with Crippen LogP contribution in [-0.2, 0) is 0 Å². The Morgan fingerprint density at radius 1 is 1.19 bits per heavy atom. The summed E-state index contributed by atoms with van der Waals surface area (Å²) >= 11 is 2.76. The first-order chi connectivity index (χ1) is 15.4. The maximum absolute atomic E-state index is 13.5. The number of fused-ring (bicyclic) bond motifs is 1. The molecular weight excluding hydrogens is 448 g/mol. The molecule has 4 heterocycles. The quantitative estimate of drug-likeness (QED) is 0.324. The fraction of sp³-hybridized carbons (Fsp3) is 0.130. The molecule has 0 aliphatic rings. The minimum absolute atomic E-state index is 0.00152. The number of rotatable bonds is 5. The summed E-state index contributed by atoms with van der Waals surface area (Å²) in [5, 5.41) is 26.0. The maximum Gasteiger partial charge on any atom is 0.242 e. The summed E-state index contributed by atoms with van der Waals surface area (Å²) in [6.45, 7) is 3.45. The molecule has 1 aromatic carbocycles. The zero-order valence-electron chi connectivity index (χ0n) is 17.4. The van der Waals surface area contributed by atoms with Gasteiger partial charge < -0.3 is 19.4 Å². The third-order valence-electron chi connectivity index (χ3n) is 5.20. The highest BCUT2D eigenvalue weighted by atomic mass is 32.1. The molecule has 0 aliphatic heterocycles. The van der Waals surface area contributed by atoms with Crippen molar-refractivity contribution in [2.45, 2.75) is 13.8 Å². The van der Waals surface area contributed by atoms with Gasteiger partial charge in [-0.1, -0.05) is 11.3 Å². The minimum Gasteiger partial charge on any atom is -0.503 e. The van der Waals surface area contributed by atoms with Crippen LogP contribution in [0.1, 0.15) is 27.4 Å². The minimum atomic E-state index is -0.494. The van der Waals surface area contributed by atoms with Gasteiger partial charge in [0.05, 0.1) is 34.1 Å². The standard InChI is InChI=1S/C23H18N2O5S2/c1-11-8-15(12(2)30-11)20(26)18-19(13-6-7-31-10-13)25(22(28)21(18)27)23-24-16-5-4-14(29-3)9-17(16)32-23/h4-10,27-28H,1-3H3. The molecule has 0 aliphatic carbocycles. The number of carbonyl (C=O) groups excluding carboxylic acids is 1. The molecule has 5 aromatic rings. The Balaban J connectivity index is 1.78.